The fourth-order valence-electron chi connectivity index (χ4n) is 3.77. The number of hydrogen-bond acceptors (Lipinski definition) is 3. The molecule has 0 radical (unpaired) electrons. The molecule has 0 saturated carbocycles. The molecule has 0 aromatic heterocycles. The van der Waals surface area contributed by atoms with Crippen LogP contribution in [-0.4, -0.2) is 43.0 Å². The normalized spacial score (nSPS) is 25.2. The average molecular weight is 301 g/mol. The van der Waals surface area contributed by atoms with Crippen molar-refractivity contribution in [1.82, 2.24) is 10.2 Å². The van der Waals surface area contributed by atoms with Gasteiger partial charge in [-0.25, -0.2) is 0 Å². The van der Waals surface area contributed by atoms with Crippen molar-refractivity contribution in [3.8, 4) is 0 Å². The number of hydrogen-bond donors (Lipinski definition) is 2. The zero-order valence-electron chi connectivity index (χ0n) is 13.6. The molecule has 0 aliphatic carbocycles. The summed E-state index contributed by atoms with van der Waals surface area (Å²) in [5.41, 5.74) is 2.16. The number of amides is 1. The molecule has 2 saturated heterocycles. The molecule has 1 aromatic carbocycles. The number of carbonyl (C=O) groups is 1. The minimum Gasteiger partial charge on any atom is -0.325 e. The van der Waals surface area contributed by atoms with Crippen LogP contribution in [0.5, 0.6) is 0 Å². The maximum Gasteiger partial charge on any atom is 0.238 e. The summed E-state index contributed by atoms with van der Waals surface area (Å²) in [6.45, 7) is 8.03. The van der Waals surface area contributed by atoms with Crippen LogP contribution in [0.2, 0.25) is 0 Å². The SMILES string of the molecule is CC(C)c1ccccc1NC(=O)CN1CCC2NCCC2C1. The molecule has 2 aliphatic rings. The van der Waals surface area contributed by atoms with E-state index in [1.165, 1.54) is 18.4 Å². The molecular formula is C18H27N3O. The van der Waals surface area contributed by atoms with Crippen LogP contribution in [0.15, 0.2) is 24.3 Å². The first kappa shape index (κ1) is 15.5. The lowest BCUT2D eigenvalue weighted by Gasteiger charge is -2.34. The van der Waals surface area contributed by atoms with E-state index in [9.17, 15) is 4.79 Å². The number of para-hydroxylation sites is 1. The molecule has 120 valence electrons. The van der Waals surface area contributed by atoms with Gasteiger partial charge in [0.05, 0.1) is 6.54 Å². The molecule has 3 rings (SSSR count). The Kier molecular flexibility index (Phi) is 4.79. The lowest BCUT2D eigenvalue weighted by atomic mass is 9.93. The predicted octanol–water partition coefficient (Wildman–Crippen LogP) is 2.43. The van der Waals surface area contributed by atoms with Gasteiger partial charge in [-0.2, -0.15) is 0 Å². The van der Waals surface area contributed by atoms with E-state index in [1.54, 1.807) is 0 Å². The number of nitrogens with zero attached hydrogens (tertiary/aromatic N) is 1. The Morgan fingerprint density at radius 2 is 2.18 bits per heavy atom. The van der Waals surface area contributed by atoms with Gasteiger partial charge in [0.1, 0.15) is 0 Å². The number of piperidine rings is 1. The number of benzene rings is 1. The maximum atomic E-state index is 12.4. The Hall–Kier alpha value is -1.39. The average Bonchev–Trinajstić information content (AvgIpc) is 2.95. The number of rotatable bonds is 4. The topological polar surface area (TPSA) is 44.4 Å². The zero-order chi connectivity index (χ0) is 15.5. The number of fused-ring (bicyclic) bond motifs is 1. The van der Waals surface area contributed by atoms with Crippen molar-refractivity contribution in [2.75, 3.05) is 31.5 Å². The number of nitrogens with one attached hydrogen (secondary N) is 2. The number of anilines is 1. The van der Waals surface area contributed by atoms with E-state index in [1.807, 2.05) is 18.2 Å². The van der Waals surface area contributed by atoms with Crippen molar-refractivity contribution in [2.24, 2.45) is 5.92 Å². The van der Waals surface area contributed by atoms with Crippen LogP contribution >= 0.6 is 0 Å². The third-order valence-corrected chi connectivity index (χ3v) is 4.96. The predicted molar refractivity (Wildman–Crippen MR) is 90.1 cm³/mol. The lowest BCUT2D eigenvalue weighted by molar-refractivity contribution is -0.117. The fraction of sp³-hybridized carbons (Fsp3) is 0.611. The van der Waals surface area contributed by atoms with Crippen LogP contribution in [0, 0.1) is 5.92 Å². The summed E-state index contributed by atoms with van der Waals surface area (Å²) in [4.78, 5) is 14.7. The summed E-state index contributed by atoms with van der Waals surface area (Å²) in [7, 11) is 0. The molecule has 2 fully saturated rings. The van der Waals surface area contributed by atoms with Crippen molar-refractivity contribution in [2.45, 2.75) is 38.6 Å². The number of carbonyl (C=O) groups excluding carboxylic acids is 1. The van der Waals surface area contributed by atoms with Crippen molar-refractivity contribution in [3.63, 3.8) is 0 Å². The molecule has 22 heavy (non-hydrogen) atoms. The van der Waals surface area contributed by atoms with Crippen LogP contribution < -0.4 is 10.6 Å². The van der Waals surface area contributed by atoms with Gasteiger partial charge in [-0.1, -0.05) is 32.0 Å². The van der Waals surface area contributed by atoms with Crippen LogP contribution in [0.1, 0.15) is 38.2 Å². The van der Waals surface area contributed by atoms with E-state index in [4.69, 9.17) is 0 Å². The molecule has 0 bridgehead atoms. The Bertz CT molecular complexity index is 529. The molecule has 4 nitrogen and oxygen atoms in total. The molecule has 2 heterocycles. The monoisotopic (exact) mass is 301 g/mol. The Balaban J connectivity index is 1.57. The van der Waals surface area contributed by atoms with E-state index < -0.39 is 0 Å². The molecular weight excluding hydrogens is 274 g/mol. The number of likely N-dealkylation sites (tertiary alicyclic amines) is 1. The Morgan fingerprint density at radius 3 is 3.00 bits per heavy atom. The van der Waals surface area contributed by atoms with Gasteiger partial charge in [-0.15, -0.1) is 0 Å². The minimum atomic E-state index is 0.109. The quantitative estimate of drug-likeness (QED) is 0.898. The van der Waals surface area contributed by atoms with Crippen LogP contribution in [0.25, 0.3) is 0 Å². The molecule has 2 N–H and O–H groups in total. The smallest absolute Gasteiger partial charge is 0.238 e. The lowest BCUT2D eigenvalue weighted by Crippen LogP contribution is -2.46. The third kappa shape index (κ3) is 3.50. The minimum absolute atomic E-state index is 0.109. The third-order valence-electron chi connectivity index (χ3n) is 4.96. The summed E-state index contributed by atoms with van der Waals surface area (Å²) >= 11 is 0. The van der Waals surface area contributed by atoms with E-state index in [0.29, 0.717) is 18.5 Å². The first-order valence-corrected chi connectivity index (χ1v) is 8.48. The highest BCUT2D eigenvalue weighted by Crippen LogP contribution is 2.25. The summed E-state index contributed by atoms with van der Waals surface area (Å²) in [6, 6.07) is 8.79. The van der Waals surface area contributed by atoms with E-state index in [0.717, 1.165) is 31.2 Å². The molecule has 4 heteroatoms. The second-order valence-corrected chi connectivity index (χ2v) is 6.92. The van der Waals surface area contributed by atoms with Gasteiger partial charge < -0.3 is 10.6 Å². The van der Waals surface area contributed by atoms with Crippen molar-refractivity contribution >= 4 is 11.6 Å². The van der Waals surface area contributed by atoms with E-state index >= 15 is 0 Å². The Labute approximate surface area is 133 Å². The van der Waals surface area contributed by atoms with Gasteiger partial charge in [0.15, 0.2) is 0 Å². The molecule has 2 atom stereocenters. The van der Waals surface area contributed by atoms with E-state index in [-0.39, 0.29) is 5.91 Å². The molecule has 1 amide bonds. The van der Waals surface area contributed by atoms with Gasteiger partial charge in [0.2, 0.25) is 5.91 Å². The Morgan fingerprint density at radius 1 is 1.36 bits per heavy atom. The summed E-state index contributed by atoms with van der Waals surface area (Å²) in [5.74, 6) is 1.25. The fourth-order valence-corrected chi connectivity index (χ4v) is 3.77. The highest BCUT2D eigenvalue weighted by molar-refractivity contribution is 5.93. The van der Waals surface area contributed by atoms with Crippen molar-refractivity contribution < 1.29 is 4.79 Å². The van der Waals surface area contributed by atoms with Gasteiger partial charge in [-0.3, -0.25) is 9.69 Å². The summed E-state index contributed by atoms with van der Waals surface area (Å²) < 4.78 is 0. The van der Waals surface area contributed by atoms with E-state index in [2.05, 4.69) is 35.4 Å². The van der Waals surface area contributed by atoms with Gasteiger partial charge in [0, 0.05) is 24.8 Å². The summed E-state index contributed by atoms with van der Waals surface area (Å²) in [5, 5.41) is 6.67. The molecule has 2 aliphatic heterocycles. The zero-order valence-corrected chi connectivity index (χ0v) is 13.6. The van der Waals surface area contributed by atoms with Crippen LogP contribution in [0.4, 0.5) is 5.69 Å². The van der Waals surface area contributed by atoms with Gasteiger partial charge in [-0.05, 0) is 42.9 Å². The van der Waals surface area contributed by atoms with Gasteiger partial charge in [0.25, 0.3) is 0 Å². The first-order valence-electron chi connectivity index (χ1n) is 8.48. The van der Waals surface area contributed by atoms with Gasteiger partial charge >= 0.3 is 0 Å². The van der Waals surface area contributed by atoms with Crippen LogP contribution in [0.3, 0.4) is 0 Å². The van der Waals surface area contributed by atoms with Crippen molar-refractivity contribution in [1.29, 1.82) is 0 Å². The molecule has 2 unspecified atom stereocenters. The second-order valence-electron chi connectivity index (χ2n) is 6.92. The van der Waals surface area contributed by atoms with Crippen LogP contribution in [-0.2, 0) is 4.79 Å². The largest absolute Gasteiger partial charge is 0.325 e. The summed E-state index contributed by atoms with van der Waals surface area (Å²) in [6.07, 6.45) is 2.42. The standard InChI is InChI=1S/C18H27N3O/c1-13(2)15-5-3-4-6-17(15)20-18(22)12-21-10-8-16-14(11-21)7-9-19-16/h3-6,13-14,16,19H,7-12H2,1-2H3,(H,20,22). The highest BCUT2D eigenvalue weighted by atomic mass is 16.2. The highest BCUT2D eigenvalue weighted by Gasteiger charge is 2.32. The van der Waals surface area contributed by atoms with Crippen molar-refractivity contribution in [3.05, 3.63) is 29.8 Å². The maximum absolute atomic E-state index is 12.4. The molecule has 1 aromatic rings. The second kappa shape index (κ2) is 6.80. The molecule has 0 spiro atoms. The first-order chi connectivity index (χ1) is 10.6.